The first-order valence-corrected chi connectivity index (χ1v) is 7.82. The minimum absolute atomic E-state index is 0.797. The Balaban J connectivity index is 1.54. The molecule has 0 radical (unpaired) electrons. The topological polar surface area (TPSA) is 15.3 Å². The molecule has 2 fully saturated rings. The number of rotatable bonds is 4. The summed E-state index contributed by atoms with van der Waals surface area (Å²) in [5.41, 5.74) is 0. The van der Waals surface area contributed by atoms with Crippen molar-refractivity contribution in [1.29, 1.82) is 0 Å². The van der Waals surface area contributed by atoms with E-state index in [0.29, 0.717) is 0 Å². The van der Waals surface area contributed by atoms with Gasteiger partial charge < -0.3 is 10.2 Å². The Morgan fingerprint density at radius 3 is 2.69 bits per heavy atom. The number of piperidine rings is 1. The van der Waals surface area contributed by atoms with Gasteiger partial charge in [-0.25, -0.2) is 0 Å². The molecule has 2 rings (SSSR count). The van der Waals surface area contributed by atoms with Gasteiger partial charge in [0.1, 0.15) is 0 Å². The Morgan fingerprint density at radius 1 is 1.31 bits per heavy atom. The average Bonchev–Trinajstić information content (AvgIpc) is 2.67. The van der Waals surface area contributed by atoms with Crippen LogP contribution in [0.15, 0.2) is 0 Å². The number of nitrogens with zero attached hydrogens (tertiary/aromatic N) is 1. The van der Waals surface area contributed by atoms with Gasteiger partial charge in [0, 0.05) is 17.0 Å². The second-order valence-electron chi connectivity index (χ2n) is 5.57. The van der Waals surface area contributed by atoms with Crippen molar-refractivity contribution in [3.63, 3.8) is 0 Å². The fourth-order valence-corrected chi connectivity index (χ4v) is 3.98. The Bertz CT molecular complexity index is 202. The van der Waals surface area contributed by atoms with Crippen molar-refractivity contribution >= 4 is 11.8 Å². The molecule has 3 heteroatoms. The van der Waals surface area contributed by atoms with Crippen LogP contribution in [0.25, 0.3) is 0 Å². The van der Waals surface area contributed by atoms with Gasteiger partial charge in [0.15, 0.2) is 0 Å². The van der Waals surface area contributed by atoms with Gasteiger partial charge in [-0.2, -0.15) is 11.8 Å². The molecule has 2 atom stereocenters. The average molecular weight is 242 g/mol. The molecular weight excluding hydrogens is 216 g/mol. The molecule has 16 heavy (non-hydrogen) atoms. The van der Waals surface area contributed by atoms with Crippen LogP contribution in [0, 0.1) is 5.92 Å². The summed E-state index contributed by atoms with van der Waals surface area (Å²) in [4.78, 5) is 2.46. The summed E-state index contributed by atoms with van der Waals surface area (Å²) in [6.07, 6.45) is 5.59. The molecule has 0 saturated carbocycles. The third-order valence-electron chi connectivity index (χ3n) is 4.02. The summed E-state index contributed by atoms with van der Waals surface area (Å²) in [7, 11) is 2.24. The second kappa shape index (κ2) is 6.27. The van der Waals surface area contributed by atoms with Crippen LogP contribution in [-0.2, 0) is 0 Å². The molecule has 0 spiro atoms. The monoisotopic (exact) mass is 242 g/mol. The molecule has 2 aliphatic rings. The van der Waals surface area contributed by atoms with Crippen LogP contribution in [0.5, 0.6) is 0 Å². The molecule has 0 aromatic heterocycles. The molecule has 2 saturated heterocycles. The SMILES string of the molecule is CC1CC(NCCC2CCN(C)CC2)CS1. The van der Waals surface area contributed by atoms with Crippen molar-refractivity contribution in [1.82, 2.24) is 10.2 Å². The number of hydrogen-bond donors (Lipinski definition) is 1. The molecule has 2 nitrogen and oxygen atoms in total. The quantitative estimate of drug-likeness (QED) is 0.814. The van der Waals surface area contributed by atoms with Gasteiger partial charge in [0.05, 0.1) is 0 Å². The predicted molar refractivity (Wildman–Crippen MR) is 73.2 cm³/mol. The highest BCUT2D eigenvalue weighted by Crippen LogP contribution is 2.26. The van der Waals surface area contributed by atoms with E-state index in [2.05, 4.69) is 35.9 Å². The fraction of sp³-hybridized carbons (Fsp3) is 1.00. The summed E-state index contributed by atoms with van der Waals surface area (Å²) in [5, 5.41) is 4.61. The van der Waals surface area contributed by atoms with E-state index in [1.807, 2.05) is 0 Å². The highest BCUT2D eigenvalue weighted by atomic mass is 32.2. The molecule has 0 amide bonds. The first kappa shape index (κ1) is 12.7. The maximum Gasteiger partial charge on any atom is 0.0168 e. The smallest absolute Gasteiger partial charge is 0.0168 e. The van der Waals surface area contributed by atoms with Crippen LogP contribution in [0.3, 0.4) is 0 Å². The molecule has 2 heterocycles. The third kappa shape index (κ3) is 3.94. The first-order chi connectivity index (χ1) is 7.74. The lowest BCUT2D eigenvalue weighted by Gasteiger charge is -2.29. The largest absolute Gasteiger partial charge is 0.313 e. The summed E-state index contributed by atoms with van der Waals surface area (Å²) in [6.45, 7) is 6.21. The maximum atomic E-state index is 3.74. The van der Waals surface area contributed by atoms with Crippen LogP contribution >= 0.6 is 11.8 Å². The minimum atomic E-state index is 0.797. The minimum Gasteiger partial charge on any atom is -0.313 e. The standard InChI is InChI=1S/C13H26N2S/c1-11-9-13(10-16-11)14-6-3-12-4-7-15(2)8-5-12/h11-14H,3-10H2,1-2H3. The zero-order chi connectivity index (χ0) is 11.4. The van der Waals surface area contributed by atoms with Gasteiger partial charge in [0.25, 0.3) is 0 Å². The van der Waals surface area contributed by atoms with Crippen molar-refractivity contribution in [3.8, 4) is 0 Å². The van der Waals surface area contributed by atoms with Crippen molar-refractivity contribution in [2.24, 2.45) is 5.92 Å². The lowest BCUT2D eigenvalue weighted by atomic mass is 9.94. The van der Waals surface area contributed by atoms with Gasteiger partial charge >= 0.3 is 0 Å². The summed E-state index contributed by atoms with van der Waals surface area (Å²) < 4.78 is 0. The van der Waals surface area contributed by atoms with Crippen LogP contribution in [0.1, 0.15) is 32.6 Å². The van der Waals surface area contributed by atoms with Crippen LogP contribution in [0.4, 0.5) is 0 Å². The summed E-state index contributed by atoms with van der Waals surface area (Å²) in [6, 6.07) is 0.797. The first-order valence-electron chi connectivity index (χ1n) is 6.77. The summed E-state index contributed by atoms with van der Waals surface area (Å²) >= 11 is 2.12. The Labute approximate surface area is 105 Å². The molecule has 0 aromatic carbocycles. The maximum absolute atomic E-state index is 3.74. The van der Waals surface area contributed by atoms with E-state index in [-0.39, 0.29) is 0 Å². The molecular formula is C13H26N2S. The predicted octanol–water partition coefficient (Wildman–Crippen LogP) is 2.20. The van der Waals surface area contributed by atoms with E-state index in [1.165, 1.54) is 51.1 Å². The van der Waals surface area contributed by atoms with E-state index >= 15 is 0 Å². The van der Waals surface area contributed by atoms with Gasteiger partial charge in [-0.05, 0) is 58.3 Å². The molecule has 0 aliphatic carbocycles. The number of likely N-dealkylation sites (tertiary alicyclic amines) is 1. The van der Waals surface area contributed by atoms with E-state index in [1.54, 1.807) is 0 Å². The highest BCUT2D eigenvalue weighted by Gasteiger charge is 2.22. The van der Waals surface area contributed by atoms with Gasteiger partial charge in [-0.1, -0.05) is 6.92 Å². The van der Waals surface area contributed by atoms with Crippen molar-refractivity contribution in [2.75, 3.05) is 32.4 Å². The summed E-state index contributed by atoms with van der Waals surface area (Å²) in [5.74, 6) is 2.31. The van der Waals surface area contributed by atoms with Gasteiger partial charge in [-0.3, -0.25) is 0 Å². The highest BCUT2D eigenvalue weighted by molar-refractivity contribution is 8.00. The molecule has 0 bridgehead atoms. The van der Waals surface area contributed by atoms with Crippen molar-refractivity contribution in [3.05, 3.63) is 0 Å². The zero-order valence-electron chi connectivity index (χ0n) is 10.7. The Morgan fingerprint density at radius 2 is 2.06 bits per heavy atom. The van der Waals surface area contributed by atoms with Gasteiger partial charge in [0.2, 0.25) is 0 Å². The van der Waals surface area contributed by atoms with Gasteiger partial charge in [-0.15, -0.1) is 0 Å². The Hall–Kier alpha value is 0.270. The molecule has 2 aliphatic heterocycles. The van der Waals surface area contributed by atoms with E-state index < -0.39 is 0 Å². The lowest BCUT2D eigenvalue weighted by Crippen LogP contribution is -2.34. The number of thioether (sulfide) groups is 1. The number of hydrogen-bond acceptors (Lipinski definition) is 3. The van der Waals surface area contributed by atoms with Crippen LogP contribution in [0.2, 0.25) is 0 Å². The normalized spacial score (nSPS) is 33.4. The van der Waals surface area contributed by atoms with Crippen LogP contribution < -0.4 is 5.32 Å². The molecule has 2 unspecified atom stereocenters. The molecule has 0 aromatic rings. The van der Waals surface area contributed by atoms with E-state index in [0.717, 1.165) is 17.2 Å². The molecule has 1 N–H and O–H groups in total. The number of nitrogens with one attached hydrogen (secondary N) is 1. The van der Waals surface area contributed by atoms with E-state index in [9.17, 15) is 0 Å². The second-order valence-corrected chi connectivity index (χ2v) is 7.04. The van der Waals surface area contributed by atoms with Crippen LogP contribution in [-0.4, -0.2) is 48.6 Å². The Kier molecular flexibility index (Phi) is 4.98. The zero-order valence-corrected chi connectivity index (χ0v) is 11.6. The third-order valence-corrected chi connectivity index (χ3v) is 5.38. The fourth-order valence-electron chi connectivity index (χ4n) is 2.80. The van der Waals surface area contributed by atoms with Crippen molar-refractivity contribution in [2.45, 2.75) is 43.9 Å². The van der Waals surface area contributed by atoms with Crippen molar-refractivity contribution < 1.29 is 0 Å². The lowest BCUT2D eigenvalue weighted by molar-refractivity contribution is 0.210. The van der Waals surface area contributed by atoms with E-state index in [4.69, 9.17) is 0 Å². The molecule has 94 valence electrons.